The van der Waals surface area contributed by atoms with Crippen LogP contribution >= 0.6 is 23.1 Å². The number of nitrogens with one attached hydrogen (secondary N) is 1. The molecule has 22 heavy (non-hydrogen) atoms. The highest BCUT2D eigenvalue weighted by Gasteiger charge is 2.43. The van der Waals surface area contributed by atoms with Crippen LogP contribution in [0.25, 0.3) is 0 Å². The maximum atomic E-state index is 12.1. The van der Waals surface area contributed by atoms with E-state index in [1.165, 1.54) is 34.2 Å². The van der Waals surface area contributed by atoms with E-state index in [0.717, 1.165) is 23.6 Å². The van der Waals surface area contributed by atoms with E-state index in [-0.39, 0.29) is 11.4 Å². The second-order valence-electron chi connectivity index (χ2n) is 5.63. The number of benzene rings is 1. The van der Waals surface area contributed by atoms with Gasteiger partial charge in [-0.15, -0.1) is 10.2 Å². The van der Waals surface area contributed by atoms with Crippen LogP contribution in [0.4, 0.5) is 5.13 Å². The number of hydrogen-bond acceptors (Lipinski definition) is 6. The number of aryl methyl sites for hydroxylation is 1. The lowest BCUT2D eigenvalue weighted by Gasteiger charge is -2.18. The standard InChI is InChI=1S/C15H18N4OS2/c1-10-4-2-3-5-11(10)8-15(6-7-15)17-12(20)9-21-14-19-18-13(16)22-14/h2-5H,6-9H2,1H3,(H2,16,18)(H,17,20). The number of nitrogens with two attached hydrogens (primary N) is 1. The predicted octanol–water partition coefficient (Wildman–Crippen LogP) is 2.41. The summed E-state index contributed by atoms with van der Waals surface area (Å²) < 4.78 is 0.733. The molecule has 2 aromatic rings. The molecule has 7 heteroatoms. The summed E-state index contributed by atoms with van der Waals surface area (Å²) in [6.07, 6.45) is 2.99. The molecular formula is C15H18N4OS2. The van der Waals surface area contributed by atoms with Crippen molar-refractivity contribution in [2.45, 2.75) is 36.1 Å². The first-order chi connectivity index (χ1) is 10.6. The van der Waals surface area contributed by atoms with Gasteiger partial charge in [0.05, 0.1) is 5.75 Å². The molecule has 0 aliphatic heterocycles. The van der Waals surface area contributed by atoms with Gasteiger partial charge in [0.2, 0.25) is 11.0 Å². The second-order valence-corrected chi connectivity index (χ2v) is 7.86. The highest BCUT2D eigenvalue weighted by atomic mass is 32.2. The Kier molecular flexibility index (Phi) is 4.35. The number of anilines is 1. The van der Waals surface area contributed by atoms with Crippen LogP contribution in [0.1, 0.15) is 24.0 Å². The molecule has 0 bridgehead atoms. The molecule has 1 amide bonds. The fourth-order valence-corrected chi connectivity index (χ4v) is 3.84. The zero-order chi connectivity index (χ0) is 15.6. The molecule has 0 spiro atoms. The molecule has 0 atom stereocenters. The molecule has 1 fully saturated rings. The van der Waals surface area contributed by atoms with Crippen LogP contribution in [0.3, 0.4) is 0 Å². The Morgan fingerprint density at radius 2 is 2.18 bits per heavy atom. The highest BCUT2D eigenvalue weighted by molar-refractivity contribution is 8.01. The van der Waals surface area contributed by atoms with E-state index < -0.39 is 0 Å². The lowest BCUT2D eigenvalue weighted by atomic mass is 10.00. The largest absolute Gasteiger partial charge is 0.374 e. The van der Waals surface area contributed by atoms with E-state index in [2.05, 4.69) is 40.6 Å². The Labute approximate surface area is 137 Å². The van der Waals surface area contributed by atoms with Crippen molar-refractivity contribution >= 4 is 34.1 Å². The molecule has 0 saturated heterocycles. The third kappa shape index (κ3) is 3.78. The van der Waals surface area contributed by atoms with Gasteiger partial charge in [0.15, 0.2) is 4.34 Å². The molecule has 1 aromatic carbocycles. The molecule has 1 saturated carbocycles. The zero-order valence-electron chi connectivity index (χ0n) is 12.3. The lowest BCUT2D eigenvalue weighted by molar-refractivity contribution is -0.119. The van der Waals surface area contributed by atoms with E-state index in [0.29, 0.717) is 10.9 Å². The summed E-state index contributed by atoms with van der Waals surface area (Å²) >= 11 is 2.69. The molecule has 0 unspecified atom stereocenters. The molecule has 1 heterocycles. The van der Waals surface area contributed by atoms with Crippen molar-refractivity contribution in [1.82, 2.24) is 15.5 Å². The number of aromatic nitrogens is 2. The first kappa shape index (κ1) is 15.3. The van der Waals surface area contributed by atoms with Gasteiger partial charge < -0.3 is 11.1 Å². The van der Waals surface area contributed by atoms with Crippen molar-refractivity contribution in [1.29, 1.82) is 0 Å². The van der Waals surface area contributed by atoms with Crippen LogP contribution in [0, 0.1) is 6.92 Å². The monoisotopic (exact) mass is 334 g/mol. The first-order valence-corrected chi connectivity index (χ1v) is 8.94. The van der Waals surface area contributed by atoms with E-state index >= 15 is 0 Å². The molecule has 3 rings (SSSR count). The van der Waals surface area contributed by atoms with Gasteiger partial charge in [0, 0.05) is 5.54 Å². The quantitative estimate of drug-likeness (QED) is 0.793. The van der Waals surface area contributed by atoms with Crippen LogP contribution in [0.5, 0.6) is 0 Å². The Hall–Kier alpha value is -1.60. The van der Waals surface area contributed by atoms with Gasteiger partial charge in [-0.25, -0.2) is 0 Å². The van der Waals surface area contributed by atoms with Crippen LogP contribution in [-0.4, -0.2) is 27.4 Å². The number of carbonyl (C=O) groups excluding carboxylic acids is 1. The molecular weight excluding hydrogens is 316 g/mol. The second kappa shape index (κ2) is 6.26. The minimum absolute atomic E-state index is 0.0462. The summed E-state index contributed by atoms with van der Waals surface area (Å²) in [7, 11) is 0. The van der Waals surface area contributed by atoms with Gasteiger partial charge in [0.1, 0.15) is 0 Å². The zero-order valence-corrected chi connectivity index (χ0v) is 14.0. The van der Waals surface area contributed by atoms with Crippen molar-refractivity contribution in [2.75, 3.05) is 11.5 Å². The molecule has 1 aliphatic carbocycles. The molecule has 116 valence electrons. The topological polar surface area (TPSA) is 80.9 Å². The molecule has 5 nitrogen and oxygen atoms in total. The average molecular weight is 334 g/mol. The molecule has 1 aliphatic rings. The molecule has 0 radical (unpaired) electrons. The van der Waals surface area contributed by atoms with Crippen molar-refractivity contribution in [3.8, 4) is 0 Å². The summed E-state index contributed by atoms with van der Waals surface area (Å²) in [6, 6.07) is 8.35. The number of carbonyl (C=O) groups is 1. The fraction of sp³-hybridized carbons (Fsp3) is 0.400. The Bertz CT molecular complexity index is 682. The van der Waals surface area contributed by atoms with Crippen molar-refractivity contribution in [2.24, 2.45) is 0 Å². The maximum Gasteiger partial charge on any atom is 0.230 e. The highest BCUT2D eigenvalue weighted by Crippen LogP contribution is 2.39. The van der Waals surface area contributed by atoms with Gasteiger partial charge in [0.25, 0.3) is 0 Å². The average Bonchev–Trinajstić information content (AvgIpc) is 3.10. The van der Waals surface area contributed by atoms with Crippen LogP contribution < -0.4 is 11.1 Å². The number of nitrogen functional groups attached to an aromatic ring is 1. The predicted molar refractivity (Wildman–Crippen MR) is 90.0 cm³/mol. The third-order valence-corrected chi connectivity index (χ3v) is 5.68. The summed E-state index contributed by atoms with van der Waals surface area (Å²) in [4.78, 5) is 12.1. The molecule has 3 N–H and O–H groups in total. The van der Waals surface area contributed by atoms with E-state index in [1.54, 1.807) is 0 Å². The summed E-state index contributed by atoms with van der Waals surface area (Å²) in [5.41, 5.74) is 8.07. The third-order valence-electron chi connectivity index (χ3n) is 3.80. The van der Waals surface area contributed by atoms with E-state index in [1.807, 2.05) is 6.07 Å². The molecule has 1 aromatic heterocycles. The van der Waals surface area contributed by atoms with Gasteiger partial charge in [-0.2, -0.15) is 0 Å². The Morgan fingerprint density at radius 1 is 1.41 bits per heavy atom. The normalized spacial score (nSPS) is 15.5. The van der Waals surface area contributed by atoms with Gasteiger partial charge in [-0.1, -0.05) is 47.4 Å². The minimum Gasteiger partial charge on any atom is -0.374 e. The summed E-state index contributed by atoms with van der Waals surface area (Å²) in [5.74, 6) is 0.398. The fourth-order valence-electron chi connectivity index (χ4n) is 2.41. The first-order valence-electron chi connectivity index (χ1n) is 7.14. The summed E-state index contributed by atoms with van der Waals surface area (Å²) in [5, 5.41) is 11.3. The number of hydrogen-bond donors (Lipinski definition) is 2. The Balaban J connectivity index is 1.53. The van der Waals surface area contributed by atoms with Crippen LogP contribution in [0.15, 0.2) is 28.6 Å². The minimum atomic E-state index is -0.0517. The number of rotatable bonds is 6. The Morgan fingerprint density at radius 3 is 2.82 bits per heavy atom. The SMILES string of the molecule is Cc1ccccc1CC1(NC(=O)CSc2nnc(N)s2)CC1. The number of thioether (sulfide) groups is 1. The maximum absolute atomic E-state index is 12.1. The van der Waals surface area contributed by atoms with Crippen molar-refractivity contribution in [3.05, 3.63) is 35.4 Å². The number of amides is 1. The van der Waals surface area contributed by atoms with E-state index in [4.69, 9.17) is 5.73 Å². The van der Waals surface area contributed by atoms with Gasteiger partial charge >= 0.3 is 0 Å². The number of nitrogens with zero attached hydrogens (tertiary/aromatic N) is 2. The van der Waals surface area contributed by atoms with Crippen LogP contribution in [0.2, 0.25) is 0 Å². The van der Waals surface area contributed by atoms with Crippen LogP contribution in [-0.2, 0) is 11.2 Å². The van der Waals surface area contributed by atoms with Gasteiger partial charge in [-0.05, 0) is 37.3 Å². The van der Waals surface area contributed by atoms with E-state index in [9.17, 15) is 4.79 Å². The van der Waals surface area contributed by atoms with Crippen molar-refractivity contribution < 1.29 is 4.79 Å². The summed E-state index contributed by atoms with van der Waals surface area (Å²) in [6.45, 7) is 2.11. The lowest BCUT2D eigenvalue weighted by Crippen LogP contribution is -2.39. The smallest absolute Gasteiger partial charge is 0.230 e. The van der Waals surface area contributed by atoms with Crippen molar-refractivity contribution in [3.63, 3.8) is 0 Å². The van der Waals surface area contributed by atoms with Gasteiger partial charge in [-0.3, -0.25) is 4.79 Å².